The lowest BCUT2D eigenvalue weighted by Crippen LogP contribution is -2.19. The van der Waals surface area contributed by atoms with Gasteiger partial charge in [0, 0.05) is 12.8 Å². The van der Waals surface area contributed by atoms with Gasteiger partial charge in [0.15, 0.2) is 0 Å². The standard InChI is InChI=1S/C11H20O/c1-11(2,3)9-5-4-6-10(12)8-7-9/h9H,4-8H2,1-3H3/t9-/m0/s1. The first-order valence-corrected chi connectivity index (χ1v) is 5.02. The lowest BCUT2D eigenvalue weighted by molar-refractivity contribution is -0.119. The van der Waals surface area contributed by atoms with Crippen LogP contribution in [0, 0.1) is 11.3 Å². The van der Waals surface area contributed by atoms with Gasteiger partial charge >= 0.3 is 0 Å². The topological polar surface area (TPSA) is 17.1 Å². The van der Waals surface area contributed by atoms with Crippen LogP contribution in [0.4, 0.5) is 0 Å². The van der Waals surface area contributed by atoms with E-state index in [0.29, 0.717) is 11.2 Å². The third kappa shape index (κ3) is 2.62. The van der Waals surface area contributed by atoms with Gasteiger partial charge in [-0.05, 0) is 30.6 Å². The average molecular weight is 168 g/mol. The van der Waals surface area contributed by atoms with Crippen LogP contribution in [0.5, 0.6) is 0 Å². The van der Waals surface area contributed by atoms with Crippen LogP contribution in [0.15, 0.2) is 0 Å². The molecule has 0 aliphatic heterocycles. The van der Waals surface area contributed by atoms with Crippen molar-refractivity contribution in [3.05, 3.63) is 0 Å². The van der Waals surface area contributed by atoms with E-state index in [9.17, 15) is 4.79 Å². The number of carbonyl (C=O) groups excluding carboxylic acids is 1. The molecular formula is C11H20O. The fourth-order valence-electron chi connectivity index (χ4n) is 2.02. The number of rotatable bonds is 0. The van der Waals surface area contributed by atoms with E-state index in [0.717, 1.165) is 31.6 Å². The fraction of sp³-hybridized carbons (Fsp3) is 0.909. The summed E-state index contributed by atoms with van der Waals surface area (Å²) in [7, 11) is 0. The first-order valence-electron chi connectivity index (χ1n) is 5.02. The number of Topliss-reactive ketones (excluding diaryl/α,β-unsaturated/α-hetero) is 1. The van der Waals surface area contributed by atoms with Crippen molar-refractivity contribution in [3.63, 3.8) is 0 Å². The van der Waals surface area contributed by atoms with Gasteiger partial charge in [0.2, 0.25) is 0 Å². The van der Waals surface area contributed by atoms with E-state index in [1.165, 1.54) is 6.42 Å². The molecule has 12 heavy (non-hydrogen) atoms. The molecular weight excluding hydrogens is 148 g/mol. The van der Waals surface area contributed by atoms with Crippen molar-refractivity contribution in [2.24, 2.45) is 11.3 Å². The first-order chi connectivity index (χ1) is 5.50. The van der Waals surface area contributed by atoms with Gasteiger partial charge in [-0.2, -0.15) is 0 Å². The summed E-state index contributed by atoms with van der Waals surface area (Å²) in [5, 5.41) is 0. The van der Waals surface area contributed by atoms with E-state index < -0.39 is 0 Å². The maximum atomic E-state index is 11.2. The lowest BCUT2D eigenvalue weighted by atomic mass is 9.76. The predicted octanol–water partition coefficient (Wildman–Crippen LogP) is 3.18. The molecule has 0 aromatic rings. The van der Waals surface area contributed by atoms with Gasteiger partial charge in [0.25, 0.3) is 0 Å². The zero-order valence-electron chi connectivity index (χ0n) is 8.52. The van der Waals surface area contributed by atoms with E-state index >= 15 is 0 Å². The molecule has 1 fully saturated rings. The Hall–Kier alpha value is -0.330. The fourth-order valence-corrected chi connectivity index (χ4v) is 2.02. The zero-order valence-corrected chi connectivity index (χ0v) is 8.52. The molecule has 0 spiro atoms. The normalized spacial score (nSPS) is 26.9. The number of hydrogen-bond acceptors (Lipinski definition) is 1. The van der Waals surface area contributed by atoms with Crippen molar-refractivity contribution in [2.75, 3.05) is 0 Å². The van der Waals surface area contributed by atoms with Crippen molar-refractivity contribution < 1.29 is 4.79 Å². The highest BCUT2D eigenvalue weighted by molar-refractivity contribution is 5.78. The third-order valence-electron chi connectivity index (χ3n) is 3.00. The Labute approximate surface area is 75.5 Å². The SMILES string of the molecule is CC(C)(C)[C@H]1CCCC(=O)CC1. The van der Waals surface area contributed by atoms with Crippen molar-refractivity contribution in [3.8, 4) is 0 Å². The van der Waals surface area contributed by atoms with Gasteiger partial charge in [-0.15, -0.1) is 0 Å². The van der Waals surface area contributed by atoms with Crippen LogP contribution in [0.25, 0.3) is 0 Å². The van der Waals surface area contributed by atoms with Crippen molar-refractivity contribution in [2.45, 2.75) is 52.9 Å². The predicted molar refractivity (Wildman–Crippen MR) is 51.0 cm³/mol. The zero-order chi connectivity index (χ0) is 9.19. The van der Waals surface area contributed by atoms with Crippen LogP contribution in [0.2, 0.25) is 0 Å². The summed E-state index contributed by atoms with van der Waals surface area (Å²) in [6.07, 6.45) is 5.12. The quantitative estimate of drug-likeness (QED) is 0.508. The highest BCUT2D eigenvalue weighted by Crippen LogP contribution is 2.35. The van der Waals surface area contributed by atoms with Gasteiger partial charge in [-0.3, -0.25) is 4.79 Å². The Morgan fingerprint density at radius 1 is 1.17 bits per heavy atom. The lowest BCUT2D eigenvalue weighted by Gasteiger charge is -2.29. The molecule has 0 unspecified atom stereocenters. The second-order valence-corrected chi connectivity index (χ2v) is 5.03. The number of hydrogen-bond donors (Lipinski definition) is 0. The molecule has 0 aromatic carbocycles. The Morgan fingerprint density at radius 2 is 1.83 bits per heavy atom. The van der Waals surface area contributed by atoms with Gasteiger partial charge in [-0.1, -0.05) is 20.8 Å². The number of carbonyl (C=O) groups is 1. The summed E-state index contributed by atoms with van der Waals surface area (Å²) in [4.78, 5) is 11.2. The smallest absolute Gasteiger partial charge is 0.132 e. The van der Waals surface area contributed by atoms with E-state index in [1.54, 1.807) is 0 Å². The largest absolute Gasteiger partial charge is 0.300 e. The molecule has 1 nitrogen and oxygen atoms in total. The monoisotopic (exact) mass is 168 g/mol. The van der Waals surface area contributed by atoms with Gasteiger partial charge in [0.05, 0.1) is 0 Å². The molecule has 70 valence electrons. The van der Waals surface area contributed by atoms with Gasteiger partial charge in [-0.25, -0.2) is 0 Å². The van der Waals surface area contributed by atoms with E-state index in [2.05, 4.69) is 20.8 Å². The van der Waals surface area contributed by atoms with Crippen molar-refractivity contribution >= 4 is 5.78 Å². The minimum atomic E-state index is 0.393. The number of ketones is 1. The van der Waals surface area contributed by atoms with Crippen LogP contribution in [-0.4, -0.2) is 5.78 Å². The Bertz CT molecular complexity index is 164. The summed E-state index contributed by atoms with van der Waals surface area (Å²) in [6, 6.07) is 0. The van der Waals surface area contributed by atoms with Crippen LogP contribution in [0.1, 0.15) is 52.9 Å². The minimum absolute atomic E-state index is 0.393. The Morgan fingerprint density at radius 3 is 2.42 bits per heavy atom. The molecule has 0 heterocycles. The molecule has 1 rings (SSSR count). The Kier molecular flexibility index (Phi) is 2.92. The molecule has 0 aromatic heterocycles. The van der Waals surface area contributed by atoms with Gasteiger partial charge < -0.3 is 0 Å². The molecule has 0 radical (unpaired) electrons. The molecule has 1 aliphatic rings. The molecule has 1 atom stereocenters. The molecule has 1 saturated carbocycles. The van der Waals surface area contributed by atoms with Crippen LogP contribution < -0.4 is 0 Å². The van der Waals surface area contributed by atoms with Crippen molar-refractivity contribution in [1.82, 2.24) is 0 Å². The minimum Gasteiger partial charge on any atom is -0.300 e. The second kappa shape index (κ2) is 3.59. The van der Waals surface area contributed by atoms with E-state index in [-0.39, 0.29) is 0 Å². The van der Waals surface area contributed by atoms with Crippen LogP contribution >= 0.6 is 0 Å². The van der Waals surface area contributed by atoms with Crippen LogP contribution in [0.3, 0.4) is 0 Å². The van der Waals surface area contributed by atoms with E-state index in [4.69, 9.17) is 0 Å². The maximum Gasteiger partial charge on any atom is 0.132 e. The molecule has 1 aliphatic carbocycles. The van der Waals surface area contributed by atoms with E-state index in [1.807, 2.05) is 0 Å². The summed E-state index contributed by atoms with van der Waals surface area (Å²) >= 11 is 0. The molecule has 0 amide bonds. The molecule has 0 saturated heterocycles. The summed E-state index contributed by atoms with van der Waals surface area (Å²) in [6.45, 7) is 6.86. The highest BCUT2D eigenvalue weighted by Gasteiger charge is 2.26. The van der Waals surface area contributed by atoms with Crippen LogP contribution in [-0.2, 0) is 4.79 Å². The maximum absolute atomic E-state index is 11.2. The van der Waals surface area contributed by atoms with Gasteiger partial charge in [0.1, 0.15) is 5.78 Å². The summed E-state index contributed by atoms with van der Waals surface area (Å²) in [5.74, 6) is 1.23. The molecule has 0 N–H and O–H groups in total. The summed E-state index contributed by atoms with van der Waals surface area (Å²) < 4.78 is 0. The third-order valence-corrected chi connectivity index (χ3v) is 3.00. The first kappa shape index (κ1) is 9.76. The molecule has 0 bridgehead atoms. The summed E-state index contributed by atoms with van der Waals surface area (Å²) in [5.41, 5.74) is 0.393. The Balaban J connectivity index is 2.52. The second-order valence-electron chi connectivity index (χ2n) is 5.03. The molecule has 1 heteroatoms. The average Bonchev–Trinajstić information content (AvgIpc) is 2.11. The highest BCUT2D eigenvalue weighted by atomic mass is 16.1. The van der Waals surface area contributed by atoms with Crippen molar-refractivity contribution in [1.29, 1.82) is 0 Å².